The van der Waals surface area contributed by atoms with Crippen LogP contribution in [0, 0.1) is 11.8 Å². The van der Waals surface area contributed by atoms with E-state index in [0.717, 1.165) is 11.1 Å². The molecule has 0 aromatic rings. The van der Waals surface area contributed by atoms with Crippen LogP contribution in [0.3, 0.4) is 0 Å². The van der Waals surface area contributed by atoms with Crippen LogP contribution in [0.25, 0.3) is 0 Å². The highest BCUT2D eigenvalue weighted by atomic mass is 16.6. The van der Waals surface area contributed by atoms with Gasteiger partial charge in [-0.25, -0.2) is 4.79 Å². The number of hydrogen-bond acceptors (Lipinski definition) is 6. The summed E-state index contributed by atoms with van der Waals surface area (Å²) >= 11 is 0. The molecule has 2 unspecified atom stereocenters. The predicted octanol–water partition coefficient (Wildman–Crippen LogP) is 4.69. The molecule has 0 fully saturated rings. The fourth-order valence-electron chi connectivity index (χ4n) is 3.69. The lowest BCUT2D eigenvalue weighted by Gasteiger charge is -2.37. The van der Waals surface area contributed by atoms with Gasteiger partial charge in [-0.3, -0.25) is 9.59 Å². The Labute approximate surface area is 180 Å². The van der Waals surface area contributed by atoms with Crippen molar-refractivity contribution in [2.45, 2.75) is 86.5 Å². The van der Waals surface area contributed by atoms with Crippen molar-refractivity contribution in [1.29, 1.82) is 0 Å². The second-order valence-electron chi connectivity index (χ2n) is 8.35. The van der Waals surface area contributed by atoms with E-state index in [0.29, 0.717) is 18.4 Å². The molecule has 0 aliphatic heterocycles. The van der Waals surface area contributed by atoms with Crippen LogP contribution in [0.1, 0.15) is 68.2 Å². The fourth-order valence-corrected chi connectivity index (χ4v) is 3.69. The summed E-state index contributed by atoms with van der Waals surface area (Å²) in [6, 6.07) is 0. The molecule has 1 aliphatic carbocycles. The molecule has 5 atom stereocenters. The monoisotopic (exact) mass is 420 g/mol. The van der Waals surface area contributed by atoms with E-state index in [4.69, 9.17) is 14.2 Å². The van der Waals surface area contributed by atoms with Crippen LogP contribution in [0.4, 0.5) is 0 Å². The summed E-state index contributed by atoms with van der Waals surface area (Å²) in [5, 5.41) is 0. The van der Waals surface area contributed by atoms with Gasteiger partial charge in [0.2, 0.25) is 0 Å². The number of carbonyl (C=O) groups is 3. The van der Waals surface area contributed by atoms with Gasteiger partial charge in [0.25, 0.3) is 0 Å². The molecular weight excluding hydrogens is 384 g/mol. The van der Waals surface area contributed by atoms with E-state index in [9.17, 15) is 14.4 Å². The summed E-state index contributed by atoms with van der Waals surface area (Å²) in [4.78, 5) is 35.5. The van der Waals surface area contributed by atoms with E-state index < -0.39 is 6.10 Å². The molecule has 0 heterocycles. The van der Waals surface area contributed by atoms with Gasteiger partial charge in [0.1, 0.15) is 18.3 Å². The minimum absolute atomic E-state index is 0.0380. The zero-order valence-corrected chi connectivity index (χ0v) is 19.5. The molecule has 168 valence electrons. The fraction of sp³-hybridized carbons (Fsp3) is 0.625. The molecule has 0 aromatic carbocycles. The van der Waals surface area contributed by atoms with Crippen LogP contribution in [-0.2, 0) is 28.6 Å². The van der Waals surface area contributed by atoms with Gasteiger partial charge in [0, 0.05) is 25.3 Å². The zero-order chi connectivity index (χ0) is 23.0. The van der Waals surface area contributed by atoms with Crippen molar-refractivity contribution in [1.82, 2.24) is 0 Å². The highest BCUT2D eigenvalue weighted by Gasteiger charge is 2.37. The first-order valence-electron chi connectivity index (χ1n) is 10.5. The smallest absolute Gasteiger partial charge is 0.333 e. The quantitative estimate of drug-likeness (QED) is 0.245. The number of carbonyl (C=O) groups excluding carboxylic acids is 3. The molecule has 0 aromatic heterocycles. The number of hydrogen-bond donors (Lipinski definition) is 0. The lowest BCUT2D eigenvalue weighted by atomic mass is 9.76. The minimum atomic E-state index is -0.445. The second-order valence-corrected chi connectivity index (χ2v) is 8.35. The minimum Gasteiger partial charge on any atom is -0.458 e. The largest absolute Gasteiger partial charge is 0.458 e. The predicted molar refractivity (Wildman–Crippen MR) is 115 cm³/mol. The van der Waals surface area contributed by atoms with E-state index in [-0.39, 0.29) is 42.0 Å². The van der Waals surface area contributed by atoms with Gasteiger partial charge < -0.3 is 14.2 Å². The molecule has 0 N–H and O–H groups in total. The molecule has 30 heavy (non-hydrogen) atoms. The molecule has 1 aliphatic rings. The van der Waals surface area contributed by atoms with Crippen molar-refractivity contribution in [3.8, 4) is 0 Å². The van der Waals surface area contributed by atoms with E-state index in [1.165, 1.54) is 13.8 Å². The van der Waals surface area contributed by atoms with Gasteiger partial charge in [-0.1, -0.05) is 18.6 Å². The van der Waals surface area contributed by atoms with Gasteiger partial charge >= 0.3 is 17.9 Å². The summed E-state index contributed by atoms with van der Waals surface area (Å²) in [5.41, 5.74) is 2.46. The number of esters is 3. The summed E-state index contributed by atoms with van der Waals surface area (Å²) in [5.74, 6) is -1.10. The molecule has 0 saturated heterocycles. The van der Waals surface area contributed by atoms with E-state index in [1.54, 1.807) is 19.9 Å². The normalized spacial score (nSPS) is 23.5. The lowest BCUT2D eigenvalue weighted by molar-refractivity contribution is -0.152. The highest BCUT2D eigenvalue weighted by Crippen LogP contribution is 2.36. The molecule has 6 nitrogen and oxygen atoms in total. The van der Waals surface area contributed by atoms with E-state index >= 15 is 0 Å². The summed E-state index contributed by atoms with van der Waals surface area (Å²) < 4.78 is 16.8. The van der Waals surface area contributed by atoms with Gasteiger partial charge in [-0.15, -0.1) is 0 Å². The number of allylic oxidation sites excluding steroid dienone is 2. The highest BCUT2D eigenvalue weighted by molar-refractivity contribution is 5.87. The first-order valence-corrected chi connectivity index (χ1v) is 10.5. The zero-order valence-electron chi connectivity index (χ0n) is 19.5. The number of rotatable bonds is 8. The average Bonchev–Trinajstić information content (AvgIpc) is 2.61. The number of ether oxygens (including phenoxy) is 3. The Morgan fingerprint density at radius 3 is 2.23 bits per heavy atom. The maximum Gasteiger partial charge on any atom is 0.333 e. The van der Waals surface area contributed by atoms with Crippen molar-refractivity contribution < 1.29 is 28.6 Å². The molecule has 0 amide bonds. The third-order valence-corrected chi connectivity index (χ3v) is 5.32. The third-order valence-electron chi connectivity index (χ3n) is 5.32. The van der Waals surface area contributed by atoms with Crippen LogP contribution in [-0.4, -0.2) is 36.2 Å². The first-order chi connectivity index (χ1) is 13.9. The van der Waals surface area contributed by atoms with Crippen LogP contribution in [0.2, 0.25) is 0 Å². The van der Waals surface area contributed by atoms with Crippen LogP contribution in [0.15, 0.2) is 34.9 Å². The van der Waals surface area contributed by atoms with Gasteiger partial charge in [0.05, 0.1) is 0 Å². The standard InChI is InChI=1S/C24H36O6/c1-9-15(4)24(27)30-23-12-17(6)22(29-19(8)26)13-21(23)16(5)11-20(10-14(2)3)28-18(7)25/h9-10,12,16,20-23H,11,13H2,1-8H3/b15-9-/t16?,20?,21-,22+,23+/m0/s1. The summed E-state index contributed by atoms with van der Waals surface area (Å²) in [6.07, 6.45) is 5.46. The molecule has 0 spiro atoms. The van der Waals surface area contributed by atoms with Crippen LogP contribution >= 0.6 is 0 Å². The Morgan fingerprint density at radius 2 is 1.73 bits per heavy atom. The Kier molecular flexibility index (Phi) is 10.0. The van der Waals surface area contributed by atoms with Crippen LogP contribution in [0.5, 0.6) is 0 Å². The van der Waals surface area contributed by atoms with Crippen molar-refractivity contribution in [3.05, 3.63) is 34.9 Å². The average molecular weight is 421 g/mol. The van der Waals surface area contributed by atoms with Crippen molar-refractivity contribution in [2.24, 2.45) is 11.8 Å². The van der Waals surface area contributed by atoms with Gasteiger partial charge in [-0.2, -0.15) is 0 Å². The van der Waals surface area contributed by atoms with Gasteiger partial charge in [0.15, 0.2) is 0 Å². The third kappa shape index (κ3) is 8.17. The topological polar surface area (TPSA) is 78.9 Å². The Morgan fingerprint density at radius 1 is 1.10 bits per heavy atom. The molecule has 0 radical (unpaired) electrons. The molecule has 1 rings (SSSR count). The van der Waals surface area contributed by atoms with Crippen molar-refractivity contribution >= 4 is 17.9 Å². The van der Waals surface area contributed by atoms with Crippen molar-refractivity contribution in [2.75, 3.05) is 0 Å². The Balaban J connectivity index is 3.15. The summed E-state index contributed by atoms with van der Waals surface area (Å²) in [7, 11) is 0. The lowest BCUT2D eigenvalue weighted by Crippen LogP contribution is -2.39. The van der Waals surface area contributed by atoms with Crippen molar-refractivity contribution in [3.63, 3.8) is 0 Å². The first kappa shape index (κ1) is 25.7. The van der Waals surface area contributed by atoms with Crippen LogP contribution < -0.4 is 0 Å². The molecule has 0 bridgehead atoms. The SMILES string of the molecule is C/C=C(/C)C(=O)O[C@@H]1C=C(C)[C@H](OC(C)=O)C[C@H]1C(C)CC(C=C(C)C)OC(C)=O. The molecule has 6 heteroatoms. The molecule has 0 saturated carbocycles. The maximum atomic E-state index is 12.4. The Hall–Kier alpha value is -2.37. The van der Waals surface area contributed by atoms with E-state index in [2.05, 4.69) is 0 Å². The molecular formula is C24H36O6. The summed E-state index contributed by atoms with van der Waals surface area (Å²) in [6.45, 7) is 14.1. The maximum absolute atomic E-state index is 12.4. The van der Waals surface area contributed by atoms with Gasteiger partial charge in [-0.05, 0) is 71.1 Å². The Bertz CT molecular complexity index is 726. The second kappa shape index (κ2) is 11.7. The van der Waals surface area contributed by atoms with E-state index in [1.807, 2.05) is 39.8 Å².